The minimum absolute atomic E-state index is 0.828. The molecule has 0 fully saturated rings. The first-order valence-electron chi connectivity index (χ1n) is 18.3. The van der Waals surface area contributed by atoms with E-state index in [0.717, 1.165) is 6.17 Å². The lowest BCUT2D eigenvalue weighted by molar-refractivity contribution is -1.13. The summed E-state index contributed by atoms with van der Waals surface area (Å²) >= 11 is 0. The second kappa shape index (κ2) is 25.9. The third-order valence-electron chi connectivity index (χ3n) is 9.57. The highest BCUT2D eigenvalue weighted by molar-refractivity contribution is 4.62. The summed E-state index contributed by atoms with van der Waals surface area (Å²) in [6, 6.07) is 0. The maximum Gasteiger partial charge on any atom is 0.216 e. The Morgan fingerprint density at radius 2 is 0.526 bits per heavy atom. The fourth-order valence-corrected chi connectivity index (χ4v) is 7.11. The largest absolute Gasteiger partial charge is 0.275 e. The van der Waals surface area contributed by atoms with Gasteiger partial charge in [0.15, 0.2) is 0 Å². The summed E-state index contributed by atoms with van der Waals surface area (Å²) in [5, 5.41) is 0. The minimum atomic E-state index is 0.828. The summed E-state index contributed by atoms with van der Waals surface area (Å²) in [6.07, 6.45) is 31.9. The average molecular weight is 539 g/mol. The quantitative estimate of drug-likeness (QED) is 0.0484. The molecule has 0 aromatic carbocycles. The maximum atomic E-state index is 2.43. The number of quaternary nitrogens is 2. The molecule has 0 saturated carbocycles. The second-order valence-corrected chi connectivity index (χ2v) is 13.0. The molecule has 0 amide bonds. The van der Waals surface area contributed by atoms with Gasteiger partial charge in [0.25, 0.3) is 0 Å². The van der Waals surface area contributed by atoms with Crippen LogP contribution in [0.5, 0.6) is 0 Å². The molecule has 0 spiro atoms. The van der Waals surface area contributed by atoms with Gasteiger partial charge in [-0.2, -0.15) is 0 Å². The fraction of sp³-hybridized carbons (Fsp3) is 1.00. The summed E-state index contributed by atoms with van der Waals surface area (Å²) < 4.78 is 2.90. The van der Waals surface area contributed by atoms with Crippen LogP contribution in [0.1, 0.15) is 190 Å². The van der Waals surface area contributed by atoms with Gasteiger partial charge in [0.1, 0.15) is 0 Å². The molecule has 0 unspecified atom stereocenters. The lowest BCUT2D eigenvalue weighted by Crippen LogP contribution is -2.71. The summed E-state index contributed by atoms with van der Waals surface area (Å²) in [5.41, 5.74) is 0. The molecule has 2 heteroatoms. The van der Waals surface area contributed by atoms with Gasteiger partial charge in [-0.1, -0.05) is 138 Å². The van der Waals surface area contributed by atoms with Gasteiger partial charge < -0.3 is 0 Å². The van der Waals surface area contributed by atoms with E-state index in [1.165, 1.54) is 189 Å². The normalized spacial score (nSPS) is 12.6. The Morgan fingerprint density at radius 1 is 0.289 bits per heavy atom. The molecule has 0 aliphatic carbocycles. The van der Waals surface area contributed by atoms with Crippen LogP contribution in [0.2, 0.25) is 0 Å². The van der Waals surface area contributed by atoms with Crippen molar-refractivity contribution in [3.05, 3.63) is 0 Å². The summed E-state index contributed by atoms with van der Waals surface area (Å²) in [6.45, 7) is 25.5. The first-order valence-corrected chi connectivity index (χ1v) is 18.3. The molecule has 230 valence electrons. The van der Waals surface area contributed by atoms with Crippen LogP contribution < -0.4 is 0 Å². The summed E-state index contributed by atoms with van der Waals surface area (Å²) in [7, 11) is 0. The molecule has 0 N–H and O–H groups in total. The maximum absolute atomic E-state index is 2.43. The van der Waals surface area contributed by atoms with Gasteiger partial charge in [0.2, 0.25) is 6.17 Å². The Morgan fingerprint density at radius 3 is 0.789 bits per heavy atom. The van der Waals surface area contributed by atoms with Crippen LogP contribution in [0.15, 0.2) is 0 Å². The molecule has 0 bridgehead atoms. The van der Waals surface area contributed by atoms with Crippen molar-refractivity contribution in [1.29, 1.82) is 0 Å². The zero-order valence-electron chi connectivity index (χ0n) is 28.3. The van der Waals surface area contributed by atoms with Gasteiger partial charge in [-0.25, -0.2) is 0 Å². The van der Waals surface area contributed by atoms with Gasteiger partial charge in [0.05, 0.1) is 45.7 Å². The Bertz CT molecular complexity index is 398. The van der Waals surface area contributed by atoms with Crippen molar-refractivity contribution in [2.24, 2.45) is 0 Å². The van der Waals surface area contributed by atoms with Crippen molar-refractivity contribution < 1.29 is 8.97 Å². The summed E-state index contributed by atoms with van der Waals surface area (Å²) in [4.78, 5) is 0. The third kappa shape index (κ3) is 15.6. The van der Waals surface area contributed by atoms with Gasteiger partial charge in [-0.15, -0.1) is 0 Å². The minimum Gasteiger partial charge on any atom is -0.275 e. The molecule has 0 rings (SSSR count). The van der Waals surface area contributed by atoms with E-state index in [9.17, 15) is 0 Å². The van der Waals surface area contributed by atoms with E-state index in [0.29, 0.717) is 0 Å². The highest BCUT2D eigenvalue weighted by atomic mass is 15.6. The number of unbranched alkanes of at least 4 members (excludes halogenated alkanes) is 14. The zero-order chi connectivity index (χ0) is 28.4. The molecule has 2 nitrogen and oxygen atoms in total. The van der Waals surface area contributed by atoms with Crippen LogP contribution in [0.25, 0.3) is 0 Å². The predicted molar refractivity (Wildman–Crippen MR) is 175 cm³/mol. The Kier molecular flexibility index (Phi) is 25.8. The first-order chi connectivity index (χ1) is 18.6. The van der Waals surface area contributed by atoms with Crippen LogP contribution in [-0.2, 0) is 0 Å². The molecule has 38 heavy (non-hydrogen) atoms. The van der Waals surface area contributed by atoms with Crippen LogP contribution in [-0.4, -0.2) is 54.4 Å². The van der Waals surface area contributed by atoms with Crippen LogP contribution in [0.3, 0.4) is 0 Å². The molecule has 0 heterocycles. The summed E-state index contributed by atoms with van der Waals surface area (Å²) in [5.74, 6) is 0. The number of hydrogen-bond donors (Lipinski definition) is 0. The Hall–Kier alpha value is -0.0800. The predicted octanol–water partition coefficient (Wildman–Crippen LogP) is 11.7. The fourth-order valence-electron chi connectivity index (χ4n) is 7.11. The van der Waals surface area contributed by atoms with Crippen molar-refractivity contribution in [3.63, 3.8) is 0 Å². The molecule has 0 atom stereocenters. The van der Waals surface area contributed by atoms with Crippen molar-refractivity contribution in [3.8, 4) is 0 Å². The van der Waals surface area contributed by atoms with Crippen LogP contribution >= 0.6 is 0 Å². The molecule has 0 radical (unpaired) electrons. The van der Waals surface area contributed by atoms with Gasteiger partial charge in [0, 0.05) is 0 Å². The van der Waals surface area contributed by atoms with E-state index < -0.39 is 0 Å². The second-order valence-electron chi connectivity index (χ2n) is 13.0. The highest BCUT2D eigenvalue weighted by Gasteiger charge is 2.48. The lowest BCUT2D eigenvalue weighted by atomic mass is 9.99. The van der Waals surface area contributed by atoms with Crippen LogP contribution in [0, 0.1) is 0 Å². The lowest BCUT2D eigenvalue weighted by Gasteiger charge is -2.55. The molecule has 0 aliphatic heterocycles. The standard InChI is InChI=1S/C36H78N2/c1-8-15-22-23-24-25-26-27-28-29-36(37(30-16-9-2,31-17-10-3)32-18-11-4)38(33-19-12-5,34-20-13-6)35-21-14-7/h36H,8-35H2,1-7H3/q+2. The van der Waals surface area contributed by atoms with E-state index in [4.69, 9.17) is 0 Å². The van der Waals surface area contributed by atoms with E-state index >= 15 is 0 Å². The topological polar surface area (TPSA) is 0 Å². The first kappa shape index (κ1) is 37.9. The Labute approximate surface area is 243 Å². The van der Waals surface area contributed by atoms with Gasteiger partial charge >= 0.3 is 0 Å². The molecule has 0 aromatic rings. The number of rotatable bonds is 30. The molecular weight excluding hydrogens is 460 g/mol. The SMILES string of the molecule is CCCCCCCCCCCC([N+](CCCC)(CCCC)CCCC)[N+](CCCC)(CCCC)CCCC. The zero-order valence-corrected chi connectivity index (χ0v) is 28.3. The van der Waals surface area contributed by atoms with E-state index in [1.807, 2.05) is 0 Å². The van der Waals surface area contributed by atoms with Gasteiger partial charge in [-0.3, -0.25) is 8.97 Å². The van der Waals surface area contributed by atoms with Crippen LogP contribution in [0.4, 0.5) is 0 Å². The third-order valence-corrected chi connectivity index (χ3v) is 9.57. The molecule has 0 aromatic heterocycles. The molecule has 0 saturated heterocycles. The van der Waals surface area contributed by atoms with E-state index in [2.05, 4.69) is 48.5 Å². The monoisotopic (exact) mass is 539 g/mol. The van der Waals surface area contributed by atoms with Crippen molar-refractivity contribution >= 4 is 0 Å². The number of nitrogens with zero attached hydrogens (tertiary/aromatic N) is 2. The highest BCUT2D eigenvalue weighted by Crippen LogP contribution is 2.34. The molecular formula is C36H78N2+2. The van der Waals surface area contributed by atoms with Crippen molar-refractivity contribution in [1.82, 2.24) is 0 Å². The van der Waals surface area contributed by atoms with E-state index in [1.54, 1.807) is 0 Å². The van der Waals surface area contributed by atoms with Crippen molar-refractivity contribution in [2.45, 2.75) is 196 Å². The number of hydrogen-bond acceptors (Lipinski definition) is 0. The van der Waals surface area contributed by atoms with Crippen molar-refractivity contribution in [2.75, 3.05) is 39.3 Å². The van der Waals surface area contributed by atoms with E-state index in [-0.39, 0.29) is 0 Å². The molecule has 0 aliphatic rings. The average Bonchev–Trinajstić information content (AvgIpc) is 2.94. The van der Waals surface area contributed by atoms with Gasteiger partial charge in [-0.05, 0) is 44.9 Å². The smallest absolute Gasteiger partial charge is 0.216 e. The Balaban J connectivity index is 6.12.